The molecule has 1 aliphatic rings. The molecule has 0 aromatic heterocycles. The molecule has 2 aromatic carbocycles. The van der Waals surface area contributed by atoms with E-state index in [1.165, 1.54) is 11.8 Å². The lowest BCUT2D eigenvalue weighted by atomic mass is 10.1. The predicted octanol–water partition coefficient (Wildman–Crippen LogP) is 5.83. The average molecular weight is 389 g/mol. The van der Waals surface area contributed by atoms with Gasteiger partial charge in [-0.05, 0) is 48.0 Å². The van der Waals surface area contributed by atoms with Crippen LogP contribution >= 0.6 is 35.0 Å². The standard InChI is InChI=1S/C19H14Cl2N2OS/c1-12(10-13-6-3-2-4-7-13)11-16-18(24)23-19(25-16)22-15-9-5-8-14(20)17(15)21/h2-11H,1H3,(H,22,23,24)/b12-10-,16-11+. The number of hydrogen-bond donors (Lipinski definition) is 1. The van der Waals surface area contributed by atoms with E-state index in [1.54, 1.807) is 18.2 Å². The van der Waals surface area contributed by atoms with Crippen molar-refractivity contribution < 1.29 is 4.79 Å². The first-order valence-electron chi connectivity index (χ1n) is 7.50. The monoisotopic (exact) mass is 388 g/mol. The summed E-state index contributed by atoms with van der Waals surface area (Å²) in [6, 6.07) is 15.1. The van der Waals surface area contributed by atoms with Crippen molar-refractivity contribution in [3.05, 3.63) is 80.7 Å². The third-order valence-electron chi connectivity index (χ3n) is 3.36. The van der Waals surface area contributed by atoms with Gasteiger partial charge in [-0.2, -0.15) is 0 Å². The lowest BCUT2D eigenvalue weighted by Gasteiger charge is -2.00. The second kappa shape index (κ2) is 7.91. The van der Waals surface area contributed by atoms with E-state index in [4.69, 9.17) is 23.2 Å². The molecule has 0 radical (unpaired) electrons. The number of aliphatic imine (C=N–C) groups is 1. The molecule has 1 amide bonds. The number of amides is 1. The van der Waals surface area contributed by atoms with E-state index in [2.05, 4.69) is 10.3 Å². The maximum absolute atomic E-state index is 12.1. The van der Waals surface area contributed by atoms with Gasteiger partial charge < -0.3 is 5.32 Å². The second-order valence-electron chi connectivity index (χ2n) is 5.35. The maximum atomic E-state index is 12.1. The number of hydrogen-bond acceptors (Lipinski definition) is 3. The topological polar surface area (TPSA) is 41.5 Å². The predicted molar refractivity (Wildman–Crippen MR) is 107 cm³/mol. The van der Waals surface area contributed by atoms with Crippen molar-refractivity contribution in [1.29, 1.82) is 0 Å². The number of nitrogens with one attached hydrogen (secondary N) is 1. The summed E-state index contributed by atoms with van der Waals surface area (Å²) in [5.74, 6) is -0.178. The van der Waals surface area contributed by atoms with Crippen LogP contribution in [-0.2, 0) is 4.79 Å². The lowest BCUT2D eigenvalue weighted by Crippen LogP contribution is -2.19. The summed E-state index contributed by atoms with van der Waals surface area (Å²) in [5.41, 5.74) is 2.58. The largest absolute Gasteiger partial charge is 0.300 e. The first-order valence-corrected chi connectivity index (χ1v) is 9.07. The third-order valence-corrected chi connectivity index (χ3v) is 5.08. The molecule has 6 heteroatoms. The molecule has 1 aliphatic heterocycles. The molecule has 3 nitrogen and oxygen atoms in total. The number of halogens is 2. The van der Waals surface area contributed by atoms with Crippen LogP contribution < -0.4 is 5.32 Å². The van der Waals surface area contributed by atoms with Gasteiger partial charge in [0.05, 0.1) is 20.6 Å². The highest BCUT2D eigenvalue weighted by atomic mass is 35.5. The van der Waals surface area contributed by atoms with Gasteiger partial charge in [-0.3, -0.25) is 4.79 Å². The summed E-state index contributed by atoms with van der Waals surface area (Å²) >= 11 is 13.4. The van der Waals surface area contributed by atoms with Gasteiger partial charge in [-0.15, -0.1) is 0 Å². The Kier molecular flexibility index (Phi) is 5.63. The number of carbonyl (C=O) groups is 1. The summed E-state index contributed by atoms with van der Waals surface area (Å²) in [4.78, 5) is 17.1. The van der Waals surface area contributed by atoms with Crippen molar-refractivity contribution in [2.24, 2.45) is 4.99 Å². The molecule has 0 saturated carbocycles. The van der Waals surface area contributed by atoms with Gasteiger partial charge >= 0.3 is 0 Å². The van der Waals surface area contributed by atoms with Gasteiger partial charge in [-0.1, -0.05) is 65.7 Å². The van der Waals surface area contributed by atoms with Crippen LogP contribution in [0.1, 0.15) is 12.5 Å². The highest BCUT2D eigenvalue weighted by Crippen LogP contribution is 2.34. The summed E-state index contributed by atoms with van der Waals surface area (Å²) in [5, 5.41) is 4.02. The van der Waals surface area contributed by atoms with Crippen LogP contribution in [0.25, 0.3) is 6.08 Å². The minimum atomic E-state index is -0.178. The summed E-state index contributed by atoms with van der Waals surface area (Å²) in [7, 11) is 0. The number of rotatable bonds is 3. The van der Waals surface area contributed by atoms with Crippen molar-refractivity contribution in [3.63, 3.8) is 0 Å². The second-order valence-corrected chi connectivity index (χ2v) is 7.17. The molecule has 0 aliphatic carbocycles. The SMILES string of the molecule is CC(=C/c1ccccc1)/C=C1/SC(=Nc2cccc(Cl)c2Cl)NC1=O. The number of amidine groups is 1. The summed E-state index contributed by atoms with van der Waals surface area (Å²) < 4.78 is 0. The molecule has 1 fully saturated rings. The van der Waals surface area contributed by atoms with Crippen LogP contribution in [0.15, 0.2) is 70.1 Å². The van der Waals surface area contributed by atoms with Crippen molar-refractivity contribution in [1.82, 2.24) is 5.32 Å². The lowest BCUT2D eigenvalue weighted by molar-refractivity contribution is -0.115. The first-order chi connectivity index (χ1) is 12.0. The number of allylic oxidation sites excluding steroid dienone is 2. The Bertz CT molecular complexity index is 905. The Morgan fingerprint density at radius 3 is 2.64 bits per heavy atom. The molecular weight excluding hydrogens is 375 g/mol. The van der Waals surface area contributed by atoms with Crippen LogP contribution in [0.2, 0.25) is 10.0 Å². The van der Waals surface area contributed by atoms with E-state index in [-0.39, 0.29) is 5.91 Å². The Morgan fingerprint density at radius 1 is 1.12 bits per heavy atom. The Labute approximate surface area is 160 Å². The van der Waals surface area contributed by atoms with E-state index < -0.39 is 0 Å². The zero-order chi connectivity index (χ0) is 17.8. The highest BCUT2D eigenvalue weighted by molar-refractivity contribution is 8.18. The molecule has 1 N–H and O–H groups in total. The van der Waals surface area contributed by atoms with Gasteiger partial charge in [0.15, 0.2) is 5.17 Å². The average Bonchev–Trinajstić information content (AvgIpc) is 2.92. The van der Waals surface area contributed by atoms with Crippen LogP contribution in [-0.4, -0.2) is 11.1 Å². The molecule has 3 rings (SSSR count). The van der Waals surface area contributed by atoms with E-state index in [9.17, 15) is 4.79 Å². The highest BCUT2D eigenvalue weighted by Gasteiger charge is 2.24. The fourth-order valence-electron chi connectivity index (χ4n) is 2.23. The van der Waals surface area contributed by atoms with Gasteiger partial charge in [-0.25, -0.2) is 4.99 Å². The zero-order valence-corrected chi connectivity index (χ0v) is 15.6. The van der Waals surface area contributed by atoms with Gasteiger partial charge in [0.1, 0.15) is 0 Å². The van der Waals surface area contributed by atoms with Crippen molar-refractivity contribution in [3.8, 4) is 0 Å². The number of nitrogens with zero attached hydrogens (tertiary/aromatic N) is 1. The van der Waals surface area contributed by atoms with E-state index >= 15 is 0 Å². The first kappa shape index (κ1) is 17.8. The molecule has 0 atom stereocenters. The Balaban J connectivity index is 1.81. The third kappa shape index (κ3) is 4.54. The van der Waals surface area contributed by atoms with Gasteiger partial charge in [0.2, 0.25) is 0 Å². The maximum Gasteiger partial charge on any atom is 0.264 e. The van der Waals surface area contributed by atoms with E-state index in [0.29, 0.717) is 25.8 Å². The Morgan fingerprint density at radius 2 is 1.88 bits per heavy atom. The fourth-order valence-corrected chi connectivity index (χ4v) is 3.45. The molecule has 126 valence electrons. The molecule has 0 spiro atoms. The zero-order valence-electron chi connectivity index (χ0n) is 13.3. The van der Waals surface area contributed by atoms with Crippen molar-refractivity contribution in [2.75, 3.05) is 0 Å². The van der Waals surface area contributed by atoms with Crippen molar-refractivity contribution >= 4 is 57.8 Å². The molecule has 25 heavy (non-hydrogen) atoms. The number of thioether (sulfide) groups is 1. The minimum Gasteiger partial charge on any atom is -0.300 e. The normalized spacial score (nSPS) is 18.0. The molecule has 1 heterocycles. The quantitative estimate of drug-likeness (QED) is 0.671. The molecule has 2 aromatic rings. The molecule has 0 unspecified atom stereocenters. The van der Waals surface area contributed by atoms with Crippen LogP contribution in [0.3, 0.4) is 0 Å². The number of carbonyl (C=O) groups excluding carboxylic acids is 1. The van der Waals surface area contributed by atoms with Gasteiger partial charge in [0.25, 0.3) is 5.91 Å². The van der Waals surface area contributed by atoms with E-state index in [0.717, 1.165) is 11.1 Å². The van der Waals surface area contributed by atoms with Crippen molar-refractivity contribution in [2.45, 2.75) is 6.92 Å². The minimum absolute atomic E-state index is 0.178. The van der Waals surface area contributed by atoms with Gasteiger partial charge in [0, 0.05) is 0 Å². The number of benzene rings is 2. The van der Waals surface area contributed by atoms with E-state index in [1.807, 2.05) is 49.4 Å². The Hall–Kier alpha value is -2.01. The van der Waals surface area contributed by atoms with Crippen LogP contribution in [0, 0.1) is 0 Å². The molecular formula is C19H14Cl2N2OS. The fraction of sp³-hybridized carbons (Fsp3) is 0.0526. The van der Waals surface area contributed by atoms with Crippen LogP contribution in [0.5, 0.6) is 0 Å². The summed E-state index contributed by atoms with van der Waals surface area (Å²) in [6.07, 6.45) is 3.86. The smallest absolute Gasteiger partial charge is 0.264 e. The molecule has 0 bridgehead atoms. The molecule has 1 saturated heterocycles. The van der Waals surface area contributed by atoms with Crippen LogP contribution in [0.4, 0.5) is 5.69 Å². The summed E-state index contributed by atoms with van der Waals surface area (Å²) in [6.45, 7) is 1.96.